The molecule has 1 saturated carbocycles. The van der Waals surface area contributed by atoms with E-state index in [9.17, 15) is 8.42 Å². The summed E-state index contributed by atoms with van der Waals surface area (Å²) in [5.74, 6) is -0.315. The average molecular weight is 207 g/mol. The van der Waals surface area contributed by atoms with Crippen molar-refractivity contribution in [3.63, 3.8) is 0 Å². The average Bonchev–Trinajstić information content (AvgIpc) is 2.03. The Kier molecular flexibility index (Phi) is 3.32. The zero-order valence-electron chi connectivity index (χ0n) is 7.44. The van der Waals surface area contributed by atoms with Gasteiger partial charge in [-0.1, -0.05) is 0 Å². The Hall–Kier alpha value is -0.130. The van der Waals surface area contributed by atoms with Crippen LogP contribution in [0.2, 0.25) is 0 Å². The van der Waals surface area contributed by atoms with E-state index in [2.05, 4.69) is 6.42 Å². The van der Waals surface area contributed by atoms with Gasteiger partial charge in [0.15, 0.2) is 0 Å². The van der Waals surface area contributed by atoms with Crippen LogP contribution >= 0.6 is 0 Å². The van der Waals surface area contributed by atoms with Crippen LogP contribution in [-0.4, -0.2) is 30.4 Å². The van der Waals surface area contributed by atoms with Crippen LogP contribution in [0.25, 0.3) is 0 Å². The van der Waals surface area contributed by atoms with Gasteiger partial charge in [-0.3, -0.25) is 4.55 Å². The first-order valence-electron chi connectivity index (χ1n) is 4.35. The largest absolute Gasteiger partial charge is 0.396 e. The zero-order valence-corrected chi connectivity index (χ0v) is 8.26. The number of hydrogen-bond acceptors (Lipinski definition) is 3. The number of hydrogen-bond donors (Lipinski definition) is 2. The van der Waals surface area contributed by atoms with Crippen LogP contribution in [0.1, 0.15) is 25.7 Å². The minimum atomic E-state index is -3.97. The Labute approximate surface area is 78.7 Å². The molecule has 1 aliphatic carbocycles. The summed E-state index contributed by atoms with van der Waals surface area (Å²) in [5, 5.41) is 9.12. The van der Waals surface area contributed by atoms with Crippen LogP contribution in [0, 0.1) is 11.8 Å². The van der Waals surface area contributed by atoms with Gasteiger partial charge in [-0.05, 0) is 32.1 Å². The highest BCUT2D eigenvalue weighted by molar-refractivity contribution is 7.85. The lowest BCUT2D eigenvalue weighted by molar-refractivity contribution is 0.113. The Morgan fingerprint density at radius 1 is 1.31 bits per heavy atom. The van der Waals surface area contributed by atoms with E-state index < -0.39 is 15.5 Å². The second-order valence-corrected chi connectivity index (χ2v) is 5.20. The lowest BCUT2D eigenvalue weighted by Crippen LogP contribution is -2.35. The van der Waals surface area contributed by atoms with Crippen molar-refractivity contribution in [1.82, 2.24) is 0 Å². The standard InChI is InChI=1S/C8H15O4S/c9-6-8(7-13(10,11)12)4-2-1-3-5-8/h1,9H,2-7H2,(H,10,11,12). The molecule has 0 aliphatic heterocycles. The Balaban J connectivity index is 2.68. The van der Waals surface area contributed by atoms with E-state index in [0.717, 1.165) is 12.8 Å². The van der Waals surface area contributed by atoms with Crippen molar-refractivity contribution in [2.75, 3.05) is 12.4 Å². The maximum Gasteiger partial charge on any atom is 0.265 e. The summed E-state index contributed by atoms with van der Waals surface area (Å²) in [5.41, 5.74) is -0.609. The third-order valence-electron chi connectivity index (χ3n) is 2.58. The fraction of sp³-hybridized carbons (Fsp3) is 0.875. The van der Waals surface area contributed by atoms with Crippen LogP contribution in [0.4, 0.5) is 0 Å². The first kappa shape index (κ1) is 10.9. The fourth-order valence-corrected chi connectivity index (χ4v) is 2.97. The van der Waals surface area contributed by atoms with E-state index >= 15 is 0 Å². The van der Waals surface area contributed by atoms with E-state index in [1.807, 2.05) is 0 Å². The highest BCUT2D eigenvalue weighted by atomic mass is 32.2. The van der Waals surface area contributed by atoms with E-state index in [-0.39, 0.29) is 12.4 Å². The quantitative estimate of drug-likeness (QED) is 0.666. The molecular weight excluding hydrogens is 192 g/mol. The molecule has 0 aromatic rings. The summed E-state index contributed by atoms with van der Waals surface area (Å²) in [4.78, 5) is 0. The van der Waals surface area contributed by atoms with Gasteiger partial charge in [-0.2, -0.15) is 8.42 Å². The maximum absolute atomic E-state index is 10.7. The van der Waals surface area contributed by atoms with Crippen LogP contribution in [-0.2, 0) is 10.1 Å². The van der Waals surface area contributed by atoms with Gasteiger partial charge in [0.2, 0.25) is 0 Å². The van der Waals surface area contributed by atoms with Gasteiger partial charge < -0.3 is 5.11 Å². The molecule has 0 saturated heterocycles. The molecule has 5 heteroatoms. The lowest BCUT2D eigenvalue weighted by atomic mass is 9.76. The first-order chi connectivity index (χ1) is 5.97. The minimum Gasteiger partial charge on any atom is -0.396 e. The summed E-state index contributed by atoms with van der Waals surface area (Å²) < 4.78 is 30.1. The normalized spacial score (nSPS) is 22.9. The van der Waals surface area contributed by atoms with Crippen molar-refractivity contribution in [3.05, 3.63) is 6.42 Å². The molecule has 0 unspecified atom stereocenters. The molecule has 0 amide bonds. The van der Waals surface area contributed by atoms with Crippen LogP contribution < -0.4 is 0 Å². The Morgan fingerprint density at radius 2 is 1.85 bits per heavy atom. The molecule has 77 valence electrons. The van der Waals surface area contributed by atoms with Crippen LogP contribution in [0.15, 0.2) is 0 Å². The maximum atomic E-state index is 10.7. The van der Waals surface area contributed by atoms with Crippen LogP contribution in [0.3, 0.4) is 0 Å². The molecule has 1 radical (unpaired) electrons. The van der Waals surface area contributed by atoms with Gasteiger partial charge in [0.1, 0.15) is 0 Å². The summed E-state index contributed by atoms with van der Waals surface area (Å²) in [7, 11) is -3.97. The molecule has 0 bridgehead atoms. The molecule has 0 aromatic carbocycles. The topological polar surface area (TPSA) is 74.6 Å². The van der Waals surface area contributed by atoms with Gasteiger partial charge in [-0.15, -0.1) is 0 Å². The summed E-state index contributed by atoms with van der Waals surface area (Å²) in [6, 6.07) is 0. The van der Waals surface area contributed by atoms with E-state index in [1.54, 1.807) is 0 Å². The molecule has 2 N–H and O–H groups in total. The molecule has 4 nitrogen and oxygen atoms in total. The first-order valence-corrected chi connectivity index (χ1v) is 5.96. The van der Waals surface area contributed by atoms with E-state index in [1.165, 1.54) is 0 Å². The lowest BCUT2D eigenvalue weighted by Gasteiger charge is -2.34. The molecule has 1 rings (SSSR count). The molecular formula is C8H15O4S. The second-order valence-electron chi connectivity index (χ2n) is 3.75. The fourth-order valence-electron chi connectivity index (χ4n) is 1.82. The number of aliphatic hydroxyl groups is 1. The Bertz CT molecular complexity index is 251. The third-order valence-corrected chi connectivity index (χ3v) is 3.56. The molecule has 1 aliphatic rings. The van der Waals surface area contributed by atoms with Gasteiger partial charge in [0.05, 0.1) is 5.75 Å². The van der Waals surface area contributed by atoms with Crippen molar-refractivity contribution < 1.29 is 18.1 Å². The minimum absolute atomic E-state index is 0.166. The second kappa shape index (κ2) is 3.94. The molecule has 0 atom stereocenters. The van der Waals surface area contributed by atoms with E-state index in [4.69, 9.17) is 9.66 Å². The predicted octanol–water partition coefficient (Wildman–Crippen LogP) is 0.631. The van der Waals surface area contributed by atoms with Crippen molar-refractivity contribution >= 4 is 10.1 Å². The van der Waals surface area contributed by atoms with Crippen molar-refractivity contribution in [3.8, 4) is 0 Å². The number of rotatable bonds is 3. The monoisotopic (exact) mass is 207 g/mol. The van der Waals surface area contributed by atoms with Crippen molar-refractivity contribution in [2.45, 2.75) is 25.7 Å². The van der Waals surface area contributed by atoms with Crippen molar-refractivity contribution in [2.24, 2.45) is 5.41 Å². The SMILES string of the molecule is O=S(=O)(O)CC1(CO)CC[CH]CC1. The highest BCUT2D eigenvalue weighted by Gasteiger charge is 2.35. The molecule has 0 heterocycles. The zero-order chi connectivity index (χ0) is 9.95. The molecule has 0 spiro atoms. The van der Waals surface area contributed by atoms with E-state index in [0.29, 0.717) is 12.8 Å². The molecule has 0 aromatic heterocycles. The molecule has 1 fully saturated rings. The van der Waals surface area contributed by atoms with Gasteiger partial charge in [0.25, 0.3) is 10.1 Å². The summed E-state index contributed by atoms with van der Waals surface area (Å²) >= 11 is 0. The smallest absolute Gasteiger partial charge is 0.265 e. The van der Waals surface area contributed by atoms with Crippen LogP contribution in [0.5, 0.6) is 0 Å². The van der Waals surface area contributed by atoms with Crippen molar-refractivity contribution in [1.29, 1.82) is 0 Å². The van der Waals surface area contributed by atoms with Gasteiger partial charge >= 0.3 is 0 Å². The summed E-state index contributed by atoms with van der Waals surface area (Å²) in [6.45, 7) is -0.166. The number of aliphatic hydroxyl groups excluding tert-OH is 1. The third kappa shape index (κ3) is 3.25. The highest BCUT2D eigenvalue weighted by Crippen LogP contribution is 2.36. The summed E-state index contributed by atoms with van der Waals surface area (Å²) in [6.07, 6.45) is 5.00. The Morgan fingerprint density at radius 3 is 2.23 bits per heavy atom. The van der Waals surface area contributed by atoms with Gasteiger partial charge in [0, 0.05) is 12.0 Å². The predicted molar refractivity (Wildman–Crippen MR) is 48.7 cm³/mol. The molecule has 13 heavy (non-hydrogen) atoms. The van der Waals surface area contributed by atoms with Gasteiger partial charge in [-0.25, -0.2) is 0 Å².